The van der Waals surface area contributed by atoms with Crippen molar-refractivity contribution in [2.24, 2.45) is 0 Å². The predicted molar refractivity (Wildman–Crippen MR) is 106 cm³/mol. The molecule has 1 atom stereocenters. The third-order valence-corrected chi connectivity index (χ3v) is 5.54. The summed E-state index contributed by atoms with van der Waals surface area (Å²) in [6.45, 7) is 6.61. The standard InChI is InChI=1S/C22H26N2O3/c1-15-5-3-6-18(16(15)2)23-22(25)14-24-10-4-7-19(24)17-8-9-20-21(13-17)27-12-11-26-20/h3,5-6,8-9,13,19H,4,7,10-12,14H2,1-2H3,(H,23,25)/t19-/m0/s1. The zero-order chi connectivity index (χ0) is 18.8. The van der Waals surface area contributed by atoms with E-state index in [1.807, 2.05) is 25.1 Å². The summed E-state index contributed by atoms with van der Waals surface area (Å²) in [5, 5.41) is 3.07. The molecule has 1 amide bonds. The lowest BCUT2D eigenvalue weighted by molar-refractivity contribution is -0.117. The smallest absolute Gasteiger partial charge is 0.238 e. The molecule has 2 aromatic rings. The summed E-state index contributed by atoms with van der Waals surface area (Å²) in [4.78, 5) is 14.9. The summed E-state index contributed by atoms with van der Waals surface area (Å²) < 4.78 is 11.3. The number of fused-ring (bicyclic) bond motifs is 1. The predicted octanol–water partition coefficient (Wildman–Crippen LogP) is 3.85. The highest BCUT2D eigenvalue weighted by molar-refractivity contribution is 5.93. The molecule has 1 fully saturated rings. The van der Waals surface area contributed by atoms with Crippen molar-refractivity contribution < 1.29 is 14.3 Å². The van der Waals surface area contributed by atoms with E-state index in [0.29, 0.717) is 19.8 Å². The first-order valence-electron chi connectivity index (χ1n) is 9.61. The first kappa shape index (κ1) is 17.9. The number of anilines is 1. The fraction of sp³-hybridized carbons (Fsp3) is 0.409. The van der Waals surface area contributed by atoms with E-state index >= 15 is 0 Å². The van der Waals surface area contributed by atoms with Crippen molar-refractivity contribution in [1.29, 1.82) is 0 Å². The molecular weight excluding hydrogens is 340 g/mol. The van der Waals surface area contributed by atoms with Crippen molar-refractivity contribution in [3.8, 4) is 11.5 Å². The van der Waals surface area contributed by atoms with Gasteiger partial charge in [-0.05, 0) is 68.1 Å². The molecule has 2 aliphatic rings. The quantitative estimate of drug-likeness (QED) is 0.893. The molecule has 0 saturated carbocycles. The van der Waals surface area contributed by atoms with E-state index in [9.17, 15) is 4.79 Å². The Hall–Kier alpha value is -2.53. The molecule has 0 spiro atoms. The van der Waals surface area contributed by atoms with Crippen molar-refractivity contribution in [3.05, 3.63) is 53.1 Å². The molecule has 1 N–H and O–H groups in total. The van der Waals surface area contributed by atoms with Gasteiger partial charge in [-0.3, -0.25) is 9.69 Å². The average molecular weight is 366 g/mol. The summed E-state index contributed by atoms with van der Waals surface area (Å²) in [6.07, 6.45) is 2.15. The monoisotopic (exact) mass is 366 g/mol. The van der Waals surface area contributed by atoms with E-state index in [0.717, 1.165) is 42.1 Å². The molecule has 5 heteroatoms. The lowest BCUT2D eigenvalue weighted by atomic mass is 10.0. The number of amides is 1. The van der Waals surface area contributed by atoms with E-state index in [-0.39, 0.29) is 11.9 Å². The van der Waals surface area contributed by atoms with Crippen molar-refractivity contribution in [2.75, 3.05) is 31.6 Å². The SMILES string of the molecule is Cc1cccc(NC(=O)CN2CCC[C@H]2c2ccc3c(c2)OCCO3)c1C. The molecular formula is C22H26N2O3. The number of aryl methyl sites for hydroxylation is 1. The Kier molecular flexibility index (Phi) is 5.03. The third-order valence-electron chi connectivity index (χ3n) is 5.54. The van der Waals surface area contributed by atoms with Crippen LogP contribution in [0.4, 0.5) is 5.69 Å². The molecule has 0 aromatic heterocycles. The topological polar surface area (TPSA) is 50.8 Å². The number of ether oxygens (including phenoxy) is 2. The van der Waals surface area contributed by atoms with Crippen LogP contribution in [0.15, 0.2) is 36.4 Å². The van der Waals surface area contributed by atoms with Crippen LogP contribution in [0.1, 0.15) is 35.6 Å². The fourth-order valence-corrected chi connectivity index (χ4v) is 3.92. The number of nitrogens with one attached hydrogen (secondary N) is 1. The summed E-state index contributed by atoms with van der Waals surface area (Å²) in [5.41, 5.74) is 4.39. The molecule has 0 bridgehead atoms. The maximum atomic E-state index is 12.6. The molecule has 142 valence electrons. The fourth-order valence-electron chi connectivity index (χ4n) is 3.92. The average Bonchev–Trinajstić information content (AvgIpc) is 3.13. The highest BCUT2D eigenvalue weighted by Gasteiger charge is 2.28. The highest BCUT2D eigenvalue weighted by atomic mass is 16.6. The number of benzene rings is 2. The van der Waals surface area contributed by atoms with Crippen LogP contribution in [-0.2, 0) is 4.79 Å². The zero-order valence-electron chi connectivity index (χ0n) is 16.0. The molecule has 2 heterocycles. The van der Waals surface area contributed by atoms with Gasteiger partial charge in [0.2, 0.25) is 5.91 Å². The van der Waals surface area contributed by atoms with Gasteiger partial charge in [0, 0.05) is 11.7 Å². The van der Waals surface area contributed by atoms with E-state index in [4.69, 9.17) is 9.47 Å². The summed E-state index contributed by atoms with van der Waals surface area (Å²) in [6, 6.07) is 12.4. The van der Waals surface area contributed by atoms with Crippen molar-refractivity contribution in [3.63, 3.8) is 0 Å². The summed E-state index contributed by atoms with van der Waals surface area (Å²) in [7, 11) is 0. The zero-order valence-corrected chi connectivity index (χ0v) is 16.0. The van der Waals surface area contributed by atoms with Crippen LogP contribution in [0.3, 0.4) is 0 Å². The molecule has 27 heavy (non-hydrogen) atoms. The lowest BCUT2D eigenvalue weighted by Crippen LogP contribution is -2.33. The van der Waals surface area contributed by atoms with Crippen LogP contribution in [0.2, 0.25) is 0 Å². The lowest BCUT2D eigenvalue weighted by Gasteiger charge is -2.26. The minimum absolute atomic E-state index is 0.0353. The Morgan fingerprint density at radius 1 is 1.15 bits per heavy atom. The van der Waals surface area contributed by atoms with Crippen LogP contribution in [-0.4, -0.2) is 37.1 Å². The number of nitrogens with zero attached hydrogens (tertiary/aromatic N) is 1. The second kappa shape index (κ2) is 7.61. The molecule has 5 nitrogen and oxygen atoms in total. The molecule has 0 aliphatic carbocycles. The van der Waals surface area contributed by atoms with Gasteiger partial charge in [0.1, 0.15) is 13.2 Å². The molecule has 0 radical (unpaired) electrons. The maximum Gasteiger partial charge on any atom is 0.238 e. The first-order valence-corrected chi connectivity index (χ1v) is 9.61. The normalized spacial score (nSPS) is 19.1. The molecule has 0 unspecified atom stereocenters. The molecule has 2 aromatic carbocycles. The Morgan fingerprint density at radius 3 is 2.81 bits per heavy atom. The van der Waals surface area contributed by atoms with Crippen LogP contribution in [0.5, 0.6) is 11.5 Å². The second-order valence-corrected chi connectivity index (χ2v) is 7.33. The van der Waals surface area contributed by atoms with Gasteiger partial charge >= 0.3 is 0 Å². The van der Waals surface area contributed by atoms with Crippen LogP contribution < -0.4 is 14.8 Å². The van der Waals surface area contributed by atoms with Gasteiger partial charge in [-0.15, -0.1) is 0 Å². The van der Waals surface area contributed by atoms with Crippen molar-refractivity contribution in [1.82, 2.24) is 4.90 Å². The number of hydrogen-bond donors (Lipinski definition) is 1. The van der Waals surface area contributed by atoms with E-state index in [2.05, 4.69) is 35.3 Å². The largest absolute Gasteiger partial charge is 0.486 e. The summed E-state index contributed by atoms with van der Waals surface area (Å²) in [5.74, 6) is 1.65. The van der Waals surface area contributed by atoms with Gasteiger partial charge in [0.25, 0.3) is 0 Å². The van der Waals surface area contributed by atoms with Crippen molar-refractivity contribution >= 4 is 11.6 Å². The Bertz CT molecular complexity index is 849. The minimum atomic E-state index is 0.0353. The second-order valence-electron chi connectivity index (χ2n) is 7.33. The Labute approximate surface area is 160 Å². The Balaban J connectivity index is 1.45. The molecule has 1 saturated heterocycles. The van der Waals surface area contributed by atoms with Gasteiger partial charge in [0.05, 0.1) is 6.54 Å². The van der Waals surface area contributed by atoms with E-state index in [1.165, 1.54) is 11.1 Å². The Morgan fingerprint density at radius 2 is 1.96 bits per heavy atom. The van der Waals surface area contributed by atoms with Crippen LogP contribution in [0.25, 0.3) is 0 Å². The van der Waals surface area contributed by atoms with Crippen molar-refractivity contribution in [2.45, 2.75) is 32.7 Å². The van der Waals surface area contributed by atoms with Gasteiger partial charge in [-0.1, -0.05) is 18.2 Å². The minimum Gasteiger partial charge on any atom is -0.486 e. The third kappa shape index (κ3) is 3.78. The number of carbonyl (C=O) groups is 1. The van der Waals surface area contributed by atoms with Gasteiger partial charge in [0.15, 0.2) is 11.5 Å². The highest BCUT2D eigenvalue weighted by Crippen LogP contribution is 2.37. The molecule has 2 aliphatic heterocycles. The number of likely N-dealkylation sites (tertiary alicyclic amines) is 1. The maximum absolute atomic E-state index is 12.6. The van der Waals surface area contributed by atoms with Gasteiger partial charge in [-0.25, -0.2) is 0 Å². The molecule has 4 rings (SSSR count). The number of carbonyl (C=O) groups excluding carboxylic acids is 1. The van der Waals surface area contributed by atoms with E-state index in [1.54, 1.807) is 0 Å². The first-order chi connectivity index (χ1) is 13.1. The van der Waals surface area contributed by atoms with Crippen LogP contribution in [0, 0.1) is 13.8 Å². The van der Waals surface area contributed by atoms with Crippen LogP contribution >= 0.6 is 0 Å². The summed E-state index contributed by atoms with van der Waals surface area (Å²) >= 11 is 0. The number of rotatable bonds is 4. The number of hydrogen-bond acceptors (Lipinski definition) is 4. The van der Waals surface area contributed by atoms with Gasteiger partial charge < -0.3 is 14.8 Å². The van der Waals surface area contributed by atoms with Gasteiger partial charge in [-0.2, -0.15) is 0 Å². The van der Waals surface area contributed by atoms with E-state index < -0.39 is 0 Å².